The van der Waals surface area contributed by atoms with Crippen molar-refractivity contribution in [3.05, 3.63) is 60.7 Å². The zero-order chi connectivity index (χ0) is 23.8. The van der Waals surface area contributed by atoms with Gasteiger partial charge in [0.05, 0.1) is 0 Å². The molecule has 34 heavy (non-hydrogen) atoms. The standard InChI is InChI=1S/C28H36N2O4/c1-30(28(32)34-26-10-6-3-7-11-26)24-18-14-22(15-19-24)20-21-12-16-23(17-13-21)29-27(31)33-25-8-4-2-5-9-25/h2-11,21-24H,12-20H2,1H3,(H,29,31). The predicted molar refractivity (Wildman–Crippen MR) is 132 cm³/mol. The minimum absolute atomic E-state index is 0.201. The Morgan fingerprint density at radius 1 is 0.765 bits per heavy atom. The Labute approximate surface area is 202 Å². The molecule has 2 aromatic carbocycles. The molecule has 4 rings (SSSR count). The van der Waals surface area contributed by atoms with E-state index >= 15 is 0 Å². The van der Waals surface area contributed by atoms with Crippen LogP contribution in [0.5, 0.6) is 11.5 Å². The molecule has 2 aliphatic rings. The van der Waals surface area contributed by atoms with E-state index in [9.17, 15) is 9.59 Å². The lowest BCUT2D eigenvalue weighted by molar-refractivity contribution is 0.119. The van der Waals surface area contributed by atoms with Crippen LogP contribution in [0.1, 0.15) is 57.8 Å². The van der Waals surface area contributed by atoms with Gasteiger partial charge >= 0.3 is 12.2 Å². The summed E-state index contributed by atoms with van der Waals surface area (Å²) in [4.78, 5) is 26.4. The third kappa shape index (κ3) is 6.99. The summed E-state index contributed by atoms with van der Waals surface area (Å²) >= 11 is 0. The maximum Gasteiger partial charge on any atom is 0.415 e. The van der Waals surface area contributed by atoms with Crippen LogP contribution in [0.4, 0.5) is 9.59 Å². The van der Waals surface area contributed by atoms with Gasteiger partial charge in [-0.3, -0.25) is 0 Å². The van der Waals surface area contributed by atoms with Crippen LogP contribution in [-0.4, -0.2) is 36.2 Å². The highest BCUT2D eigenvalue weighted by Crippen LogP contribution is 2.36. The summed E-state index contributed by atoms with van der Waals surface area (Å²) in [5.41, 5.74) is 0. The van der Waals surface area contributed by atoms with Crippen LogP contribution in [0.3, 0.4) is 0 Å². The van der Waals surface area contributed by atoms with Gasteiger partial charge in [0.25, 0.3) is 0 Å². The Bertz CT molecular complexity index is 905. The Kier molecular flexibility index (Phi) is 8.45. The lowest BCUT2D eigenvalue weighted by atomic mass is 9.75. The van der Waals surface area contributed by atoms with E-state index in [0.717, 1.165) is 63.2 Å². The fraction of sp³-hybridized carbons (Fsp3) is 0.500. The minimum Gasteiger partial charge on any atom is -0.410 e. The van der Waals surface area contributed by atoms with Crippen LogP contribution < -0.4 is 14.8 Å². The van der Waals surface area contributed by atoms with Crippen LogP contribution in [0, 0.1) is 11.8 Å². The molecule has 2 fully saturated rings. The molecule has 0 saturated heterocycles. The van der Waals surface area contributed by atoms with E-state index in [-0.39, 0.29) is 24.3 Å². The molecular formula is C28H36N2O4. The Hall–Kier alpha value is -3.02. The number of amides is 2. The van der Waals surface area contributed by atoms with Crippen molar-refractivity contribution in [2.75, 3.05) is 7.05 Å². The first-order valence-electron chi connectivity index (χ1n) is 12.6. The van der Waals surface area contributed by atoms with Gasteiger partial charge in [-0.1, -0.05) is 36.4 Å². The monoisotopic (exact) mass is 464 g/mol. The number of rotatable bonds is 6. The van der Waals surface area contributed by atoms with E-state index in [0.29, 0.717) is 11.5 Å². The molecular weight excluding hydrogens is 428 g/mol. The highest BCUT2D eigenvalue weighted by Gasteiger charge is 2.30. The molecule has 0 radical (unpaired) electrons. The first-order valence-corrected chi connectivity index (χ1v) is 12.6. The molecule has 0 unspecified atom stereocenters. The summed E-state index contributed by atoms with van der Waals surface area (Å²) in [6.45, 7) is 0. The quantitative estimate of drug-likeness (QED) is 0.536. The molecule has 182 valence electrons. The van der Waals surface area contributed by atoms with Gasteiger partial charge < -0.3 is 19.7 Å². The fourth-order valence-corrected chi connectivity index (χ4v) is 5.38. The van der Waals surface area contributed by atoms with Crippen molar-refractivity contribution in [2.24, 2.45) is 11.8 Å². The average Bonchev–Trinajstić information content (AvgIpc) is 2.86. The van der Waals surface area contributed by atoms with Gasteiger partial charge in [0.2, 0.25) is 0 Å². The highest BCUT2D eigenvalue weighted by molar-refractivity contribution is 5.71. The van der Waals surface area contributed by atoms with Gasteiger partial charge in [-0.2, -0.15) is 0 Å². The normalized spacial score (nSPS) is 24.6. The van der Waals surface area contributed by atoms with Gasteiger partial charge in [-0.25, -0.2) is 9.59 Å². The molecule has 0 aliphatic heterocycles. The molecule has 1 N–H and O–H groups in total. The molecule has 0 bridgehead atoms. The lowest BCUT2D eigenvalue weighted by Crippen LogP contribution is -2.41. The largest absolute Gasteiger partial charge is 0.415 e. The summed E-state index contributed by atoms with van der Waals surface area (Å²) in [5, 5.41) is 3.03. The van der Waals surface area contributed by atoms with Crippen molar-refractivity contribution >= 4 is 12.2 Å². The van der Waals surface area contributed by atoms with E-state index in [4.69, 9.17) is 9.47 Å². The third-order valence-electron chi connectivity index (χ3n) is 7.39. The van der Waals surface area contributed by atoms with Gasteiger partial charge in [-0.15, -0.1) is 0 Å². The summed E-state index contributed by atoms with van der Waals surface area (Å²) < 4.78 is 10.9. The number of ether oxygens (including phenoxy) is 2. The smallest absolute Gasteiger partial charge is 0.410 e. The van der Waals surface area contributed by atoms with Crippen LogP contribution in [0.25, 0.3) is 0 Å². The molecule has 0 atom stereocenters. The fourth-order valence-electron chi connectivity index (χ4n) is 5.38. The maximum atomic E-state index is 12.5. The second-order valence-corrected chi connectivity index (χ2v) is 9.77. The molecule has 0 aromatic heterocycles. The Balaban J connectivity index is 1.13. The number of hydrogen-bond donors (Lipinski definition) is 1. The number of carbonyl (C=O) groups is 2. The molecule has 6 nitrogen and oxygen atoms in total. The van der Waals surface area contributed by atoms with Crippen molar-refractivity contribution in [2.45, 2.75) is 69.9 Å². The van der Waals surface area contributed by atoms with Crippen molar-refractivity contribution < 1.29 is 19.1 Å². The van der Waals surface area contributed by atoms with Crippen molar-refractivity contribution in [1.29, 1.82) is 0 Å². The van der Waals surface area contributed by atoms with Crippen molar-refractivity contribution in [3.8, 4) is 11.5 Å². The molecule has 2 aromatic rings. The van der Waals surface area contributed by atoms with E-state index in [2.05, 4.69) is 5.32 Å². The first-order chi connectivity index (χ1) is 16.6. The van der Waals surface area contributed by atoms with E-state index in [1.165, 1.54) is 6.42 Å². The molecule has 0 heterocycles. The van der Waals surface area contributed by atoms with Crippen LogP contribution in [0.2, 0.25) is 0 Å². The lowest BCUT2D eigenvalue weighted by Gasteiger charge is -2.36. The number of carbonyl (C=O) groups excluding carboxylic acids is 2. The van der Waals surface area contributed by atoms with Gasteiger partial charge in [-0.05, 0) is 93.9 Å². The zero-order valence-electron chi connectivity index (χ0n) is 20.0. The third-order valence-corrected chi connectivity index (χ3v) is 7.39. The Morgan fingerprint density at radius 3 is 1.82 bits per heavy atom. The number of para-hydroxylation sites is 2. The predicted octanol–water partition coefficient (Wildman–Crippen LogP) is 6.41. The zero-order valence-corrected chi connectivity index (χ0v) is 20.0. The van der Waals surface area contributed by atoms with Crippen LogP contribution >= 0.6 is 0 Å². The summed E-state index contributed by atoms with van der Waals surface area (Å²) in [5.74, 6) is 2.62. The highest BCUT2D eigenvalue weighted by atomic mass is 16.6. The van der Waals surface area contributed by atoms with Gasteiger partial charge in [0.1, 0.15) is 11.5 Å². The summed E-state index contributed by atoms with van der Waals surface area (Å²) in [6, 6.07) is 18.9. The Morgan fingerprint density at radius 2 is 1.26 bits per heavy atom. The number of hydrogen-bond acceptors (Lipinski definition) is 4. The second-order valence-electron chi connectivity index (χ2n) is 9.77. The number of benzene rings is 2. The molecule has 6 heteroatoms. The van der Waals surface area contributed by atoms with Gasteiger partial charge in [0, 0.05) is 19.1 Å². The van der Waals surface area contributed by atoms with Crippen LogP contribution in [-0.2, 0) is 0 Å². The first kappa shape index (κ1) is 24.1. The molecule has 2 saturated carbocycles. The molecule has 2 amide bonds. The SMILES string of the molecule is CN(C(=O)Oc1ccccc1)C1CCC(CC2CCC(NC(=O)Oc3ccccc3)CC2)CC1. The minimum atomic E-state index is -0.358. The number of nitrogens with zero attached hydrogens (tertiary/aromatic N) is 1. The topological polar surface area (TPSA) is 67.9 Å². The number of nitrogens with one attached hydrogen (secondary N) is 1. The molecule has 0 spiro atoms. The summed E-state index contributed by atoms with van der Waals surface area (Å²) in [7, 11) is 1.85. The van der Waals surface area contributed by atoms with E-state index < -0.39 is 0 Å². The molecule has 2 aliphatic carbocycles. The van der Waals surface area contributed by atoms with E-state index in [1.807, 2.05) is 43.4 Å². The van der Waals surface area contributed by atoms with Crippen molar-refractivity contribution in [3.63, 3.8) is 0 Å². The van der Waals surface area contributed by atoms with E-state index in [1.54, 1.807) is 29.2 Å². The van der Waals surface area contributed by atoms with Crippen molar-refractivity contribution in [1.82, 2.24) is 10.2 Å². The summed E-state index contributed by atoms with van der Waals surface area (Å²) in [6.07, 6.45) is 9.35. The van der Waals surface area contributed by atoms with Gasteiger partial charge in [0.15, 0.2) is 0 Å². The second kappa shape index (κ2) is 11.9. The maximum absolute atomic E-state index is 12.5. The van der Waals surface area contributed by atoms with Crippen LogP contribution in [0.15, 0.2) is 60.7 Å². The average molecular weight is 465 g/mol.